The molecule has 1 aliphatic rings. The van der Waals surface area contributed by atoms with Crippen molar-refractivity contribution in [2.75, 3.05) is 6.61 Å². The number of para-hydroxylation sites is 1. The van der Waals surface area contributed by atoms with Gasteiger partial charge in [0.2, 0.25) is 0 Å². The normalized spacial score (nSPS) is 33.9. The third kappa shape index (κ3) is 2.51. The average Bonchev–Trinajstić information content (AvgIpc) is 2.43. The molecular weight excluding hydrogens is 270 g/mol. The van der Waals surface area contributed by atoms with Gasteiger partial charge in [-0.3, -0.25) is 10.1 Å². The van der Waals surface area contributed by atoms with E-state index in [1.165, 1.54) is 24.3 Å². The Bertz CT molecular complexity index is 494. The van der Waals surface area contributed by atoms with Crippen LogP contribution >= 0.6 is 0 Å². The fraction of sp³-hybridized carbons (Fsp3) is 0.500. The summed E-state index contributed by atoms with van der Waals surface area (Å²) in [7, 11) is 0. The van der Waals surface area contributed by atoms with E-state index >= 15 is 0 Å². The first kappa shape index (κ1) is 14.8. The quantitative estimate of drug-likeness (QED) is 0.418. The third-order valence-corrected chi connectivity index (χ3v) is 3.39. The second-order valence-electron chi connectivity index (χ2n) is 4.57. The van der Waals surface area contributed by atoms with Crippen LogP contribution in [0.25, 0.3) is 0 Å². The van der Waals surface area contributed by atoms with E-state index in [0.29, 0.717) is 0 Å². The number of hydrogen-bond acceptors (Lipinski definition) is 7. The first-order valence-corrected chi connectivity index (χ1v) is 6.01. The molecule has 0 aliphatic carbocycles. The molecule has 0 saturated carbocycles. The Morgan fingerprint density at radius 3 is 2.45 bits per heavy atom. The lowest BCUT2D eigenvalue weighted by molar-refractivity contribution is -0.386. The number of nitrogens with zero attached hydrogens (tertiary/aromatic N) is 1. The molecular formula is C12H15NO7. The highest BCUT2D eigenvalue weighted by Crippen LogP contribution is 2.37. The molecule has 5 atom stereocenters. The van der Waals surface area contributed by atoms with Gasteiger partial charge in [0.25, 0.3) is 5.69 Å². The maximum absolute atomic E-state index is 11.0. The van der Waals surface area contributed by atoms with Crippen LogP contribution in [0.4, 0.5) is 5.69 Å². The van der Waals surface area contributed by atoms with E-state index in [9.17, 15) is 25.4 Å². The minimum absolute atomic E-state index is 0.0629. The van der Waals surface area contributed by atoms with Crippen molar-refractivity contribution < 1.29 is 30.1 Å². The Hall–Kier alpha value is -1.58. The van der Waals surface area contributed by atoms with E-state index in [0.717, 1.165) is 0 Å². The van der Waals surface area contributed by atoms with Gasteiger partial charge in [0.15, 0.2) is 6.29 Å². The van der Waals surface area contributed by atoms with Crippen molar-refractivity contribution in [3.05, 3.63) is 39.9 Å². The van der Waals surface area contributed by atoms with E-state index in [-0.39, 0.29) is 11.3 Å². The van der Waals surface area contributed by atoms with E-state index in [1.807, 2.05) is 0 Å². The Labute approximate surface area is 114 Å². The Morgan fingerprint density at radius 1 is 1.20 bits per heavy atom. The van der Waals surface area contributed by atoms with E-state index in [4.69, 9.17) is 9.84 Å². The molecule has 0 radical (unpaired) electrons. The standard InChI is InChI=1S/C12H15NO7/c14-5-8-10(15)11(16)9(12(17)20-8)6-3-1-2-4-7(6)13(18)19/h1-4,8-12,14-17H,5H2/t8-,9-,10-,11-,12?/m1/s1. The van der Waals surface area contributed by atoms with Gasteiger partial charge in [-0.25, -0.2) is 0 Å². The molecule has 110 valence electrons. The topological polar surface area (TPSA) is 133 Å². The summed E-state index contributed by atoms with van der Waals surface area (Å²) in [5, 5.41) is 49.7. The number of hydrogen-bond donors (Lipinski definition) is 4. The summed E-state index contributed by atoms with van der Waals surface area (Å²) in [4.78, 5) is 10.3. The van der Waals surface area contributed by atoms with Gasteiger partial charge in [0, 0.05) is 11.6 Å². The van der Waals surface area contributed by atoms with Crippen molar-refractivity contribution in [3.8, 4) is 0 Å². The summed E-state index contributed by atoms with van der Waals surface area (Å²) in [5.41, 5.74) is -0.221. The van der Waals surface area contributed by atoms with E-state index in [1.54, 1.807) is 0 Å². The maximum atomic E-state index is 11.0. The molecule has 1 fully saturated rings. The van der Waals surface area contributed by atoms with Gasteiger partial charge in [-0.2, -0.15) is 0 Å². The van der Waals surface area contributed by atoms with Crippen molar-refractivity contribution >= 4 is 5.69 Å². The van der Waals surface area contributed by atoms with Crippen LogP contribution in [0, 0.1) is 10.1 Å². The number of nitro benzene ring substituents is 1. The van der Waals surface area contributed by atoms with Gasteiger partial charge in [0.05, 0.1) is 23.6 Å². The third-order valence-electron chi connectivity index (χ3n) is 3.39. The van der Waals surface area contributed by atoms with Crippen molar-refractivity contribution in [1.29, 1.82) is 0 Å². The molecule has 2 rings (SSSR count). The summed E-state index contributed by atoms with van der Waals surface area (Å²) < 4.78 is 4.99. The molecule has 1 aliphatic heterocycles. The summed E-state index contributed by atoms with van der Waals surface area (Å²) in [6, 6.07) is 5.59. The fourth-order valence-electron chi connectivity index (χ4n) is 2.37. The summed E-state index contributed by atoms with van der Waals surface area (Å²) >= 11 is 0. The molecule has 4 N–H and O–H groups in total. The smallest absolute Gasteiger partial charge is 0.273 e. The number of aliphatic hydroxyl groups excluding tert-OH is 4. The van der Waals surface area contributed by atoms with Crippen molar-refractivity contribution in [3.63, 3.8) is 0 Å². The molecule has 1 aromatic carbocycles. The Kier molecular flexibility index (Phi) is 4.31. The molecule has 0 spiro atoms. The molecule has 0 bridgehead atoms. The van der Waals surface area contributed by atoms with Crippen LogP contribution in [0.2, 0.25) is 0 Å². The SMILES string of the molecule is O=[N+]([O-])c1ccccc1[C@H]1C(O)O[C@H](CO)[C@@H](O)[C@@H]1O. The summed E-state index contributed by atoms with van der Waals surface area (Å²) in [6.07, 6.45) is -5.64. The molecule has 8 nitrogen and oxygen atoms in total. The first-order chi connectivity index (χ1) is 9.47. The number of ether oxygens (including phenoxy) is 1. The number of aliphatic hydroxyl groups is 4. The molecule has 1 saturated heterocycles. The first-order valence-electron chi connectivity index (χ1n) is 6.01. The predicted octanol–water partition coefficient (Wildman–Crippen LogP) is -0.890. The lowest BCUT2D eigenvalue weighted by Gasteiger charge is -2.40. The monoisotopic (exact) mass is 285 g/mol. The lowest BCUT2D eigenvalue weighted by atomic mass is 9.84. The van der Waals surface area contributed by atoms with Crippen molar-refractivity contribution in [1.82, 2.24) is 0 Å². The van der Waals surface area contributed by atoms with Crippen LogP contribution < -0.4 is 0 Å². The average molecular weight is 285 g/mol. The van der Waals surface area contributed by atoms with Gasteiger partial charge < -0.3 is 25.2 Å². The van der Waals surface area contributed by atoms with Crippen LogP contribution in [0.5, 0.6) is 0 Å². The van der Waals surface area contributed by atoms with Crippen LogP contribution in [-0.4, -0.2) is 56.6 Å². The molecule has 20 heavy (non-hydrogen) atoms. The zero-order valence-electron chi connectivity index (χ0n) is 10.4. The summed E-state index contributed by atoms with van der Waals surface area (Å²) in [5.74, 6) is -1.17. The van der Waals surface area contributed by atoms with Gasteiger partial charge in [-0.05, 0) is 0 Å². The zero-order valence-corrected chi connectivity index (χ0v) is 10.4. The molecule has 0 amide bonds. The molecule has 1 heterocycles. The van der Waals surface area contributed by atoms with Crippen molar-refractivity contribution in [2.24, 2.45) is 0 Å². The van der Waals surface area contributed by atoms with E-state index < -0.39 is 42.1 Å². The van der Waals surface area contributed by atoms with Gasteiger partial charge in [-0.1, -0.05) is 18.2 Å². The maximum Gasteiger partial charge on any atom is 0.273 e. The van der Waals surface area contributed by atoms with Crippen LogP contribution in [0.3, 0.4) is 0 Å². The number of benzene rings is 1. The highest BCUT2D eigenvalue weighted by Gasteiger charge is 2.46. The van der Waals surface area contributed by atoms with Gasteiger partial charge in [0.1, 0.15) is 12.2 Å². The summed E-state index contributed by atoms with van der Waals surface area (Å²) in [6.45, 7) is -0.584. The van der Waals surface area contributed by atoms with Gasteiger partial charge >= 0.3 is 0 Å². The molecule has 0 aromatic heterocycles. The Morgan fingerprint density at radius 2 is 1.85 bits per heavy atom. The van der Waals surface area contributed by atoms with Crippen LogP contribution in [-0.2, 0) is 4.74 Å². The Balaban J connectivity index is 2.39. The molecule has 8 heteroatoms. The number of rotatable bonds is 3. The van der Waals surface area contributed by atoms with Crippen molar-refractivity contribution in [2.45, 2.75) is 30.5 Å². The minimum atomic E-state index is -1.56. The van der Waals surface area contributed by atoms with E-state index in [2.05, 4.69) is 0 Å². The lowest BCUT2D eigenvalue weighted by Crippen LogP contribution is -2.54. The van der Waals surface area contributed by atoms with Crippen LogP contribution in [0.1, 0.15) is 11.5 Å². The fourth-order valence-corrected chi connectivity index (χ4v) is 2.37. The number of nitro groups is 1. The minimum Gasteiger partial charge on any atom is -0.394 e. The van der Waals surface area contributed by atoms with Gasteiger partial charge in [-0.15, -0.1) is 0 Å². The molecule has 1 unspecified atom stereocenters. The highest BCUT2D eigenvalue weighted by atomic mass is 16.6. The predicted molar refractivity (Wildman–Crippen MR) is 65.8 cm³/mol. The zero-order chi connectivity index (χ0) is 14.9. The second-order valence-corrected chi connectivity index (χ2v) is 4.57. The highest BCUT2D eigenvalue weighted by molar-refractivity contribution is 5.43. The van der Waals surface area contributed by atoms with Crippen LogP contribution in [0.15, 0.2) is 24.3 Å². The largest absolute Gasteiger partial charge is 0.394 e. The second kappa shape index (κ2) is 5.81. The molecule has 1 aromatic rings.